The van der Waals surface area contributed by atoms with Gasteiger partial charge in [0.15, 0.2) is 6.07 Å². The van der Waals surface area contributed by atoms with Gasteiger partial charge in [0.2, 0.25) is 0 Å². The fraction of sp³-hybridized carbons (Fsp3) is 0.273. The third kappa shape index (κ3) is 3.31. The van der Waals surface area contributed by atoms with E-state index < -0.39 is 5.91 Å². The van der Waals surface area contributed by atoms with Crippen LogP contribution >= 0.6 is 0 Å². The first kappa shape index (κ1) is 11.1. The van der Waals surface area contributed by atoms with Gasteiger partial charge in [-0.1, -0.05) is 12.1 Å². The summed E-state index contributed by atoms with van der Waals surface area (Å²) in [6.07, 6.45) is 0.0186. The molecule has 0 spiro atoms. The van der Waals surface area contributed by atoms with Crippen molar-refractivity contribution >= 4 is 11.6 Å². The molecule has 0 unspecified atom stereocenters. The Hall–Kier alpha value is -2.02. The molecule has 0 aliphatic heterocycles. The molecule has 1 aromatic carbocycles. The monoisotopic (exact) mass is 204 g/mol. The van der Waals surface area contributed by atoms with Crippen LogP contribution < -0.4 is 10.1 Å². The van der Waals surface area contributed by atoms with Gasteiger partial charge in [-0.25, -0.2) is 0 Å². The van der Waals surface area contributed by atoms with Crippen LogP contribution in [0.5, 0.6) is 5.75 Å². The van der Waals surface area contributed by atoms with Gasteiger partial charge < -0.3 is 10.1 Å². The van der Waals surface area contributed by atoms with Gasteiger partial charge in [-0.2, -0.15) is 5.26 Å². The standard InChI is InChI=1S/C11H12N2O2/c1-8(2)15-10-6-4-3-5-9(10)13-11(14)7-12/h3-6,8H,1-2H3,(H,13,14). The molecule has 0 atom stereocenters. The molecule has 4 heteroatoms. The number of hydrogen-bond donors (Lipinski definition) is 1. The van der Waals surface area contributed by atoms with E-state index in [1.165, 1.54) is 6.07 Å². The largest absolute Gasteiger partial charge is 0.489 e. The number of rotatable bonds is 3. The summed E-state index contributed by atoms with van der Waals surface area (Å²) in [5.41, 5.74) is 0.512. The smallest absolute Gasteiger partial charge is 0.326 e. The van der Waals surface area contributed by atoms with Gasteiger partial charge in [-0.15, -0.1) is 0 Å². The molecule has 15 heavy (non-hydrogen) atoms. The number of nitrogens with zero attached hydrogens (tertiary/aromatic N) is 1. The lowest BCUT2D eigenvalue weighted by Gasteiger charge is -2.13. The van der Waals surface area contributed by atoms with Crippen molar-refractivity contribution in [2.75, 3.05) is 5.32 Å². The number of carbonyl (C=O) groups excluding carboxylic acids is 1. The Morgan fingerprint density at radius 1 is 1.47 bits per heavy atom. The highest BCUT2D eigenvalue weighted by atomic mass is 16.5. The van der Waals surface area contributed by atoms with Crippen LogP contribution in [-0.2, 0) is 4.79 Å². The van der Waals surface area contributed by atoms with Gasteiger partial charge in [0.05, 0.1) is 11.8 Å². The molecule has 0 heterocycles. The minimum atomic E-state index is -0.699. The zero-order valence-electron chi connectivity index (χ0n) is 8.65. The van der Waals surface area contributed by atoms with Gasteiger partial charge in [-0.05, 0) is 26.0 Å². The Morgan fingerprint density at radius 3 is 2.73 bits per heavy atom. The quantitative estimate of drug-likeness (QED) is 0.765. The van der Waals surface area contributed by atoms with E-state index in [4.69, 9.17) is 10.00 Å². The molecule has 4 nitrogen and oxygen atoms in total. The average Bonchev–Trinajstić information content (AvgIpc) is 2.20. The van der Waals surface area contributed by atoms with Gasteiger partial charge in [0.25, 0.3) is 0 Å². The van der Waals surface area contributed by atoms with Crippen LogP contribution in [0.25, 0.3) is 0 Å². The van der Waals surface area contributed by atoms with E-state index >= 15 is 0 Å². The topological polar surface area (TPSA) is 62.1 Å². The van der Waals surface area contributed by atoms with E-state index in [1.807, 2.05) is 13.8 Å². The number of hydrogen-bond acceptors (Lipinski definition) is 3. The molecular formula is C11H12N2O2. The number of ether oxygens (including phenoxy) is 1. The van der Waals surface area contributed by atoms with Crippen LogP contribution in [0, 0.1) is 11.3 Å². The Bertz CT molecular complexity index is 394. The average molecular weight is 204 g/mol. The van der Waals surface area contributed by atoms with Crippen LogP contribution in [0.1, 0.15) is 13.8 Å². The van der Waals surface area contributed by atoms with E-state index in [0.717, 1.165) is 0 Å². The van der Waals surface area contributed by atoms with Crippen molar-refractivity contribution < 1.29 is 9.53 Å². The SMILES string of the molecule is CC(C)Oc1ccccc1NC(=O)C#N. The fourth-order valence-corrected chi connectivity index (χ4v) is 1.08. The molecule has 1 N–H and O–H groups in total. The van der Waals surface area contributed by atoms with Crippen LogP contribution in [0.4, 0.5) is 5.69 Å². The van der Waals surface area contributed by atoms with E-state index in [1.54, 1.807) is 24.3 Å². The highest BCUT2D eigenvalue weighted by molar-refractivity contribution is 6.03. The van der Waals surface area contributed by atoms with Crippen molar-refractivity contribution in [3.8, 4) is 11.8 Å². The minimum absolute atomic E-state index is 0.0186. The third-order valence-electron chi connectivity index (χ3n) is 1.60. The number of nitriles is 1. The van der Waals surface area contributed by atoms with Crippen molar-refractivity contribution in [3.05, 3.63) is 24.3 Å². The molecule has 0 aliphatic rings. The predicted octanol–water partition coefficient (Wildman–Crippen LogP) is 1.94. The van der Waals surface area contributed by atoms with E-state index in [-0.39, 0.29) is 6.10 Å². The minimum Gasteiger partial charge on any atom is -0.489 e. The Kier molecular flexibility index (Phi) is 3.69. The molecule has 0 bridgehead atoms. The van der Waals surface area contributed by atoms with Gasteiger partial charge in [-0.3, -0.25) is 4.79 Å². The molecule has 0 radical (unpaired) electrons. The fourth-order valence-electron chi connectivity index (χ4n) is 1.08. The lowest BCUT2D eigenvalue weighted by Crippen LogP contribution is -2.12. The summed E-state index contributed by atoms with van der Waals surface area (Å²) in [5, 5.41) is 10.8. The van der Waals surface area contributed by atoms with Crippen molar-refractivity contribution in [2.24, 2.45) is 0 Å². The number of anilines is 1. The van der Waals surface area contributed by atoms with Crippen molar-refractivity contribution in [1.82, 2.24) is 0 Å². The zero-order chi connectivity index (χ0) is 11.3. The summed E-state index contributed by atoms with van der Waals surface area (Å²) in [7, 11) is 0. The maximum absolute atomic E-state index is 10.9. The summed E-state index contributed by atoms with van der Waals surface area (Å²) in [4.78, 5) is 10.9. The van der Waals surface area contributed by atoms with Crippen molar-refractivity contribution in [1.29, 1.82) is 5.26 Å². The molecule has 0 saturated carbocycles. The summed E-state index contributed by atoms with van der Waals surface area (Å²) < 4.78 is 5.47. The molecule has 0 saturated heterocycles. The molecule has 1 rings (SSSR count). The lowest BCUT2D eigenvalue weighted by molar-refractivity contribution is -0.111. The predicted molar refractivity (Wildman–Crippen MR) is 56.4 cm³/mol. The number of carbonyl (C=O) groups is 1. The lowest BCUT2D eigenvalue weighted by atomic mass is 10.3. The summed E-state index contributed by atoms with van der Waals surface area (Å²) >= 11 is 0. The van der Waals surface area contributed by atoms with Gasteiger partial charge in [0.1, 0.15) is 5.75 Å². The maximum Gasteiger partial charge on any atom is 0.326 e. The van der Waals surface area contributed by atoms with Crippen LogP contribution in [0.2, 0.25) is 0 Å². The third-order valence-corrected chi connectivity index (χ3v) is 1.60. The molecule has 78 valence electrons. The number of amides is 1. The van der Waals surface area contributed by atoms with E-state index in [9.17, 15) is 4.79 Å². The van der Waals surface area contributed by atoms with E-state index in [0.29, 0.717) is 11.4 Å². The molecule has 1 aromatic rings. The first-order valence-corrected chi connectivity index (χ1v) is 4.60. The first-order chi connectivity index (χ1) is 7.13. The second-order valence-electron chi connectivity index (χ2n) is 3.23. The Labute approximate surface area is 88.5 Å². The highest BCUT2D eigenvalue weighted by Crippen LogP contribution is 2.24. The second kappa shape index (κ2) is 5.01. The second-order valence-corrected chi connectivity index (χ2v) is 3.23. The first-order valence-electron chi connectivity index (χ1n) is 4.60. The highest BCUT2D eigenvalue weighted by Gasteiger charge is 2.07. The normalized spacial score (nSPS) is 9.47. The molecular weight excluding hydrogens is 192 g/mol. The van der Waals surface area contributed by atoms with Crippen LogP contribution in [0.3, 0.4) is 0 Å². The summed E-state index contributed by atoms with van der Waals surface area (Å²) in [6.45, 7) is 3.78. The van der Waals surface area contributed by atoms with Gasteiger partial charge in [0, 0.05) is 0 Å². The number of nitrogens with one attached hydrogen (secondary N) is 1. The van der Waals surface area contributed by atoms with Crippen LogP contribution in [0.15, 0.2) is 24.3 Å². The maximum atomic E-state index is 10.9. The molecule has 1 amide bonds. The van der Waals surface area contributed by atoms with Crippen LogP contribution in [-0.4, -0.2) is 12.0 Å². The summed E-state index contributed by atoms with van der Waals surface area (Å²) in [5.74, 6) is -0.133. The summed E-state index contributed by atoms with van der Waals surface area (Å²) in [6, 6.07) is 8.49. The molecule has 0 aliphatic carbocycles. The van der Waals surface area contributed by atoms with Gasteiger partial charge >= 0.3 is 5.91 Å². The number of benzene rings is 1. The van der Waals surface area contributed by atoms with Crippen molar-refractivity contribution in [2.45, 2.75) is 20.0 Å². The molecule has 0 aromatic heterocycles. The van der Waals surface area contributed by atoms with Crippen molar-refractivity contribution in [3.63, 3.8) is 0 Å². The molecule has 0 fully saturated rings. The zero-order valence-corrected chi connectivity index (χ0v) is 8.65. The Balaban J connectivity index is 2.87. The Morgan fingerprint density at radius 2 is 2.13 bits per heavy atom. The number of para-hydroxylation sites is 2. The van der Waals surface area contributed by atoms with E-state index in [2.05, 4.69) is 5.32 Å².